The van der Waals surface area contributed by atoms with Gasteiger partial charge in [0.25, 0.3) is 5.91 Å². The molecule has 0 bridgehead atoms. The number of nitrogens with zero attached hydrogens (tertiary/aromatic N) is 1. The zero-order valence-electron chi connectivity index (χ0n) is 16.4. The van der Waals surface area contributed by atoms with Crippen molar-refractivity contribution >= 4 is 47.0 Å². The van der Waals surface area contributed by atoms with Crippen LogP contribution in [-0.4, -0.2) is 18.5 Å². The summed E-state index contributed by atoms with van der Waals surface area (Å²) in [7, 11) is 0. The molecule has 3 rings (SSSR count). The number of hydrogen-bond donors (Lipinski definition) is 1. The maximum absolute atomic E-state index is 12.4. The number of ether oxygens (including phenoxy) is 1. The van der Waals surface area contributed by atoms with Gasteiger partial charge < -0.3 is 14.5 Å². The molecule has 0 saturated heterocycles. The van der Waals surface area contributed by atoms with Crippen LogP contribution in [0.2, 0.25) is 5.02 Å². The van der Waals surface area contributed by atoms with E-state index in [1.54, 1.807) is 43.3 Å². The maximum atomic E-state index is 12.4. The first-order chi connectivity index (χ1) is 15.0. The molecular weight excluding hydrogens is 436 g/mol. The lowest BCUT2D eigenvalue weighted by Crippen LogP contribution is -2.13. The summed E-state index contributed by atoms with van der Waals surface area (Å²) in [5.41, 5.74) is 0.696. The van der Waals surface area contributed by atoms with Crippen LogP contribution in [0.4, 0.5) is 5.69 Å². The zero-order valence-corrected chi connectivity index (χ0v) is 18.0. The predicted octanol–water partition coefficient (Wildman–Crippen LogP) is 5.81. The Morgan fingerprint density at radius 2 is 1.84 bits per heavy atom. The summed E-state index contributed by atoms with van der Waals surface area (Å²) in [5, 5.41) is 13.3. The molecule has 0 atom stereocenters. The fourth-order valence-corrected chi connectivity index (χ4v) is 3.38. The Labute approximate surface area is 188 Å². The van der Waals surface area contributed by atoms with Gasteiger partial charge in [-0.25, -0.2) is 4.79 Å². The number of halogens is 1. The molecule has 6 nitrogen and oxygen atoms in total. The van der Waals surface area contributed by atoms with Crippen LogP contribution in [0.1, 0.15) is 23.0 Å². The molecule has 0 unspecified atom stereocenters. The van der Waals surface area contributed by atoms with Gasteiger partial charge in [0.1, 0.15) is 17.4 Å². The van der Waals surface area contributed by atoms with Gasteiger partial charge in [-0.3, -0.25) is 4.79 Å². The lowest BCUT2D eigenvalue weighted by Gasteiger charge is -2.06. The van der Waals surface area contributed by atoms with E-state index in [2.05, 4.69) is 5.32 Å². The lowest BCUT2D eigenvalue weighted by atomic mass is 10.2. The number of carbonyl (C=O) groups is 2. The Morgan fingerprint density at radius 1 is 1.13 bits per heavy atom. The molecule has 31 heavy (non-hydrogen) atoms. The number of nitrogens with one attached hydrogen (secondary N) is 1. The van der Waals surface area contributed by atoms with Crippen molar-refractivity contribution in [3.8, 4) is 6.07 Å². The van der Waals surface area contributed by atoms with E-state index in [9.17, 15) is 14.9 Å². The fourth-order valence-electron chi connectivity index (χ4n) is 2.48. The van der Waals surface area contributed by atoms with Crippen LogP contribution >= 0.6 is 23.4 Å². The molecule has 1 heterocycles. The molecule has 1 N–H and O–H groups in total. The third-order valence-corrected chi connectivity index (χ3v) is 5.12. The summed E-state index contributed by atoms with van der Waals surface area (Å²) in [4.78, 5) is 25.1. The van der Waals surface area contributed by atoms with E-state index in [1.807, 2.05) is 18.2 Å². The highest BCUT2D eigenvalue weighted by atomic mass is 35.5. The van der Waals surface area contributed by atoms with Crippen LogP contribution in [0.3, 0.4) is 0 Å². The summed E-state index contributed by atoms with van der Waals surface area (Å²) in [5.74, 6) is -0.654. The Balaban J connectivity index is 1.66. The number of carbonyl (C=O) groups excluding carboxylic acids is 2. The quantitative estimate of drug-likeness (QED) is 0.276. The molecule has 1 aromatic heterocycles. The number of nitriles is 1. The number of furan rings is 1. The van der Waals surface area contributed by atoms with Crippen molar-refractivity contribution in [3.05, 3.63) is 82.6 Å². The van der Waals surface area contributed by atoms with Gasteiger partial charge in [-0.05, 0) is 67.6 Å². The van der Waals surface area contributed by atoms with Gasteiger partial charge >= 0.3 is 5.97 Å². The Kier molecular flexibility index (Phi) is 7.55. The molecule has 8 heteroatoms. The minimum atomic E-state index is -0.588. The van der Waals surface area contributed by atoms with Crippen molar-refractivity contribution in [3.63, 3.8) is 0 Å². The molecule has 156 valence electrons. The van der Waals surface area contributed by atoms with Crippen molar-refractivity contribution in [2.45, 2.75) is 16.9 Å². The smallest absolute Gasteiger partial charge is 0.338 e. The third-order valence-electron chi connectivity index (χ3n) is 3.94. The molecule has 0 aliphatic rings. The number of rotatable bonds is 7. The molecular formula is C23H17ClN2O4S. The van der Waals surface area contributed by atoms with Gasteiger partial charge in [-0.1, -0.05) is 23.4 Å². The Bertz CT molecular complexity index is 1150. The summed E-state index contributed by atoms with van der Waals surface area (Å²) in [6.45, 7) is 2.00. The Morgan fingerprint density at radius 3 is 2.48 bits per heavy atom. The average Bonchev–Trinajstić information content (AvgIpc) is 3.21. The zero-order chi connectivity index (χ0) is 22.2. The van der Waals surface area contributed by atoms with Crippen LogP contribution in [0.15, 0.2) is 80.6 Å². The second-order valence-corrected chi connectivity index (χ2v) is 7.65. The average molecular weight is 453 g/mol. The molecule has 0 fully saturated rings. The second-order valence-electron chi connectivity index (χ2n) is 6.13. The SMILES string of the molecule is CCOC(=O)c1ccc(NC(=O)/C(C#N)=C/c2ccc(Sc3ccc(Cl)cc3)o2)cc1. The maximum Gasteiger partial charge on any atom is 0.338 e. The van der Waals surface area contributed by atoms with E-state index >= 15 is 0 Å². The van der Waals surface area contributed by atoms with Crippen LogP contribution in [-0.2, 0) is 9.53 Å². The Hall–Kier alpha value is -3.47. The lowest BCUT2D eigenvalue weighted by molar-refractivity contribution is -0.112. The normalized spacial score (nSPS) is 10.9. The minimum absolute atomic E-state index is 0.119. The van der Waals surface area contributed by atoms with Crippen LogP contribution in [0.5, 0.6) is 0 Å². The summed E-state index contributed by atoms with van der Waals surface area (Å²) in [6.07, 6.45) is 1.37. The molecule has 0 saturated carbocycles. The largest absolute Gasteiger partial charge is 0.462 e. The van der Waals surface area contributed by atoms with Crippen LogP contribution < -0.4 is 5.32 Å². The van der Waals surface area contributed by atoms with E-state index in [4.69, 9.17) is 20.8 Å². The van der Waals surface area contributed by atoms with Crippen molar-refractivity contribution in [2.24, 2.45) is 0 Å². The van der Waals surface area contributed by atoms with Crippen molar-refractivity contribution in [1.82, 2.24) is 0 Å². The van der Waals surface area contributed by atoms with E-state index in [0.717, 1.165) is 4.90 Å². The third kappa shape index (κ3) is 6.25. The monoisotopic (exact) mass is 452 g/mol. The fraction of sp³-hybridized carbons (Fsp3) is 0.0870. The first kappa shape index (κ1) is 22.2. The minimum Gasteiger partial charge on any atom is -0.462 e. The predicted molar refractivity (Wildman–Crippen MR) is 119 cm³/mol. The highest BCUT2D eigenvalue weighted by Crippen LogP contribution is 2.30. The van der Waals surface area contributed by atoms with E-state index in [-0.39, 0.29) is 12.2 Å². The van der Waals surface area contributed by atoms with E-state index in [0.29, 0.717) is 27.1 Å². The van der Waals surface area contributed by atoms with Gasteiger partial charge in [0.15, 0.2) is 5.09 Å². The molecule has 0 aliphatic carbocycles. The second kappa shape index (κ2) is 10.5. The van der Waals surface area contributed by atoms with Gasteiger partial charge in [-0.15, -0.1) is 0 Å². The molecule has 0 radical (unpaired) electrons. The molecule has 0 spiro atoms. The van der Waals surface area contributed by atoms with Crippen molar-refractivity contribution < 1.29 is 18.7 Å². The van der Waals surface area contributed by atoms with Gasteiger partial charge in [-0.2, -0.15) is 5.26 Å². The number of benzene rings is 2. The first-order valence-electron chi connectivity index (χ1n) is 9.22. The topological polar surface area (TPSA) is 92.3 Å². The van der Waals surface area contributed by atoms with E-state index < -0.39 is 11.9 Å². The first-order valence-corrected chi connectivity index (χ1v) is 10.4. The standard InChI is InChI=1S/C23H17ClN2O4S/c1-2-29-23(28)15-3-7-18(8-4-15)26-22(27)16(14-25)13-19-9-12-21(30-19)31-20-10-5-17(24)6-11-20/h3-13H,2H2,1H3,(H,26,27)/b16-13+. The number of amides is 1. The van der Waals surface area contributed by atoms with Crippen molar-refractivity contribution in [1.29, 1.82) is 5.26 Å². The molecule has 3 aromatic rings. The summed E-state index contributed by atoms with van der Waals surface area (Å²) in [6, 6.07) is 18.8. The van der Waals surface area contributed by atoms with Gasteiger partial charge in [0.05, 0.1) is 12.2 Å². The highest BCUT2D eigenvalue weighted by molar-refractivity contribution is 7.99. The number of hydrogen-bond acceptors (Lipinski definition) is 6. The summed E-state index contributed by atoms with van der Waals surface area (Å²) >= 11 is 7.28. The van der Waals surface area contributed by atoms with Crippen molar-refractivity contribution in [2.75, 3.05) is 11.9 Å². The number of esters is 1. The molecule has 2 aromatic carbocycles. The molecule has 1 amide bonds. The highest BCUT2D eigenvalue weighted by Gasteiger charge is 2.12. The number of anilines is 1. The van der Waals surface area contributed by atoms with Crippen LogP contribution in [0, 0.1) is 11.3 Å². The molecule has 0 aliphatic heterocycles. The van der Waals surface area contributed by atoms with Gasteiger partial charge in [0, 0.05) is 21.7 Å². The van der Waals surface area contributed by atoms with Crippen LogP contribution in [0.25, 0.3) is 6.08 Å². The van der Waals surface area contributed by atoms with E-state index in [1.165, 1.54) is 30.0 Å². The van der Waals surface area contributed by atoms with Gasteiger partial charge in [0.2, 0.25) is 0 Å². The summed E-state index contributed by atoms with van der Waals surface area (Å²) < 4.78 is 10.6.